The summed E-state index contributed by atoms with van der Waals surface area (Å²) in [6, 6.07) is 6.06. The summed E-state index contributed by atoms with van der Waals surface area (Å²) in [6.45, 7) is 7.76. The summed E-state index contributed by atoms with van der Waals surface area (Å²) in [7, 11) is 0. The van der Waals surface area contributed by atoms with Gasteiger partial charge in [-0.1, -0.05) is 19.4 Å². The highest BCUT2D eigenvalue weighted by Crippen LogP contribution is 2.33. The maximum Gasteiger partial charge on any atom is 0.231 e. The fourth-order valence-electron chi connectivity index (χ4n) is 4.18. The summed E-state index contributed by atoms with van der Waals surface area (Å²) >= 11 is 0. The average molecular weight is 387 g/mol. The third kappa shape index (κ3) is 4.09. The Morgan fingerprint density at radius 1 is 1.14 bits per heavy atom. The van der Waals surface area contributed by atoms with E-state index in [1.165, 1.54) is 5.56 Å². The van der Waals surface area contributed by atoms with E-state index in [2.05, 4.69) is 17.9 Å². The lowest BCUT2D eigenvalue weighted by Crippen LogP contribution is -2.50. The van der Waals surface area contributed by atoms with Crippen LogP contribution in [-0.2, 0) is 16.1 Å². The number of ether oxygens (including phenoxy) is 2. The average Bonchev–Trinajstić information content (AvgIpc) is 3.32. The first-order valence-electron chi connectivity index (χ1n) is 10.3. The molecule has 152 valence electrons. The van der Waals surface area contributed by atoms with Crippen molar-refractivity contribution in [2.75, 3.05) is 46.1 Å². The minimum Gasteiger partial charge on any atom is -0.454 e. The summed E-state index contributed by atoms with van der Waals surface area (Å²) in [6.07, 6.45) is 2.44. The zero-order chi connectivity index (χ0) is 19.5. The third-order valence-electron chi connectivity index (χ3n) is 5.87. The van der Waals surface area contributed by atoms with E-state index in [1.54, 1.807) is 0 Å². The van der Waals surface area contributed by atoms with Crippen molar-refractivity contribution < 1.29 is 19.1 Å². The van der Waals surface area contributed by atoms with Gasteiger partial charge in [0.05, 0.1) is 5.92 Å². The maximum absolute atomic E-state index is 12.9. The lowest BCUT2D eigenvalue weighted by atomic mass is 10.1. The number of hydrogen-bond acceptors (Lipinski definition) is 5. The summed E-state index contributed by atoms with van der Waals surface area (Å²) in [5.41, 5.74) is 1.19. The largest absolute Gasteiger partial charge is 0.454 e. The van der Waals surface area contributed by atoms with Crippen LogP contribution in [0.15, 0.2) is 18.2 Å². The Bertz CT molecular complexity index is 730. The molecule has 0 unspecified atom stereocenters. The van der Waals surface area contributed by atoms with Crippen LogP contribution in [0.5, 0.6) is 11.5 Å². The van der Waals surface area contributed by atoms with Gasteiger partial charge in [0, 0.05) is 52.2 Å². The highest BCUT2D eigenvalue weighted by Gasteiger charge is 2.36. The number of amides is 2. The lowest BCUT2D eigenvalue weighted by molar-refractivity contribution is -0.137. The van der Waals surface area contributed by atoms with Crippen LogP contribution in [0.1, 0.15) is 31.7 Å². The molecule has 0 aromatic heterocycles. The van der Waals surface area contributed by atoms with Crippen molar-refractivity contribution >= 4 is 11.8 Å². The van der Waals surface area contributed by atoms with E-state index in [0.717, 1.165) is 63.6 Å². The zero-order valence-electron chi connectivity index (χ0n) is 16.6. The number of hydrogen-bond donors (Lipinski definition) is 0. The third-order valence-corrected chi connectivity index (χ3v) is 5.87. The van der Waals surface area contributed by atoms with E-state index in [1.807, 2.05) is 21.9 Å². The van der Waals surface area contributed by atoms with Crippen LogP contribution in [0.4, 0.5) is 0 Å². The van der Waals surface area contributed by atoms with E-state index in [0.29, 0.717) is 19.8 Å². The first kappa shape index (κ1) is 19.1. The van der Waals surface area contributed by atoms with Gasteiger partial charge in [-0.3, -0.25) is 14.5 Å². The van der Waals surface area contributed by atoms with E-state index < -0.39 is 0 Å². The molecule has 0 saturated carbocycles. The monoisotopic (exact) mass is 387 g/mol. The molecule has 0 radical (unpaired) electrons. The first-order valence-corrected chi connectivity index (χ1v) is 10.3. The smallest absolute Gasteiger partial charge is 0.231 e. The van der Waals surface area contributed by atoms with E-state index >= 15 is 0 Å². The second-order valence-electron chi connectivity index (χ2n) is 7.88. The summed E-state index contributed by atoms with van der Waals surface area (Å²) in [4.78, 5) is 31.2. The number of fused-ring (bicyclic) bond motifs is 1. The SMILES string of the molecule is CCCCN1C[C@H](C(=O)N2CCN(Cc3ccc4c(c3)OCO4)CC2)CC1=O. The van der Waals surface area contributed by atoms with E-state index in [9.17, 15) is 9.59 Å². The number of unbranched alkanes of at least 4 members (excludes halogenated alkanes) is 1. The molecule has 1 aromatic rings. The van der Waals surface area contributed by atoms with E-state index in [-0.39, 0.29) is 17.7 Å². The molecule has 7 heteroatoms. The van der Waals surface area contributed by atoms with Crippen molar-refractivity contribution in [3.8, 4) is 11.5 Å². The molecule has 4 rings (SSSR count). The molecule has 2 saturated heterocycles. The summed E-state index contributed by atoms with van der Waals surface area (Å²) < 4.78 is 10.8. The van der Waals surface area contributed by atoms with Gasteiger partial charge >= 0.3 is 0 Å². The Morgan fingerprint density at radius 3 is 2.71 bits per heavy atom. The molecular formula is C21H29N3O4. The van der Waals surface area contributed by atoms with E-state index in [4.69, 9.17) is 9.47 Å². The molecule has 28 heavy (non-hydrogen) atoms. The van der Waals surface area contributed by atoms with Gasteiger partial charge in [-0.2, -0.15) is 0 Å². The van der Waals surface area contributed by atoms with Gasteiger partial charge in [-0.25, -0.2) is 0 Å². The molecule has 0 N–H and O–H groups in total. The Hall–Kier alpha value is -2.28. The molecule has 3 aliphatic rings. The van der Waals surface area contributed by atoms with Gasteiger partial charge in [-0.05, 0) is 24.1 Å². The molecule has 3 aliphatic heterocycles. The Balaban J connectivity index is 1.26. The van der Waals surface area contributed by atoms with Crippen LogP contribution in [0.2, 0.25) is 0 Å². The topological polar surface area (TPSA) is 62.3 Å². The normalized spacial score (nSPS) is 22.2. The van der Waals surface area contributed by atoms with Crippen LogP contribution in [0.25, 0.3) is 0 Å². The fraction of sp³-hybridized carbons (Fsp3) is 0.619. The molecule has 0 aliphatic carbocycles. The molecule has 0 bridgehead atoms. The summed E-state index contributed by atoms with van der Waals surface area (Å²) in [5.74, 6) is 1.73. The first-order chi connectivity index (χ1) is 13.6. The second-order valence-corrected chi connectivity index (χ2v) is 7.88. The number of piperazine rings is 1. The van der Waals surface area contributed by atoms with Crippen molar-refractivity contribution in [1.29, 1.82) is 0 Å². The molecule has 7 nitrogen and oxygen atoms in total. The van der Waals surface area contributed by atoms with Gasteiger partial charge in [0.2, 0.25) is 18.6 Å². The Labute approximate surface area is 166 Å². The molecule has 1 aromatic carbocycles. The lowest BCUT2D eigenvalue weighted by Gasteiger charge is -2.36. The minimum absolute atomic E-state index is 0.133. The summed E-state index contributed by atoms with van der Waals surface area (Å²) in [5, 5.41) is 0. The van der Waals surface area contributed by atoms with Crippen molar-refractivity contribution in [3.63, 3.8) is 0 Å². The molecule has 2 amide bonds. The van der Waals surface area contributed by atoms with Gasteiger partial charge in [0.25, 0.3) is 0 Å². The number of nitrogens with zero attached hydrogens (tertiary/aromatic N) is 3. The quantitative estimate of drug-likeness (QED) is 0.744. The Morgan fingerprint density at radius 2 is 1.93 bits per heavy atom. The van der Waals surface area contributed by atoms with Gasteiger partial charge in [0.15, 0.2) is 11.5 Å². The van der Waals surface area contributed by atoms with Crippen LogP contribution >= 0.6 is 0 Å². The number of rotatable bonds is 6. The van der Waals surface area contributed by atoms with Crippen LogP contribution in [0, 0.1) is 5.92 Å². The molecule has 1 atom stereocenters. The predicted octanol–water partition coefficient (Wildman–Crippen LogP) is 1.71. The van der Waals surface area contributed by atoms with Crippen LogP contribution in [0.3, 0.4) is 0 Å². The molecule has 0 spiro atoms. The van der Waals surface area contributed by atoms with Crippen molar-refractivity contribution in [3.05, 3.63) is 23.8 Å². The van der Waals surface area contributed by atoms with Crippen molar-refractivity contribution in [1.82, 2.24) is 14.7 Å². The molecule has 3 heterocycles. The minimum atomic E-state index is -0.162. The van der Waals surface area contributed by atoms with Gasteiger partial charge in [-0.15, -0.1) is 0 Å². The fourth-order valence-corrected chi connectivity index (χ4v) is 4.18. The number of benzene rings is 1. The second kappa shape index (κ2) is 8.39. The zero-order valence-corrected chi connectivity index (χ0v) is 16.6. The van der Waals surface area contributed by atoms with Crippen LogP contribution in [-0.4, -0.2) is 72.6 Å². The van der Waals surface area contributed by atoms with Gasteiger partial charge < -0.3 is 19.3 Å². The number of likely N-dealkylation sites (tertiary alicyclic amines) is 1. The predicted molar refractivity (Wildman–Crippen MR) is 104 cm³/mol. The highest BCUT2D eigenvalue weighted by atomic mass is 16.7. The van der Waals surface area contributed by atoms with Crippen LogP contribution < -0.4 is 9.47 Å². The number of carbonyl (C=O) groups is 2. The highest BCUT2D eigenvalue weighted by molar-refractivity contribution is 5.89. The maximum atomic E-state index is 12.9. The molecular weight excluding hydrogens is 358 g/mol. The van der Waals surface area contributed by atoms with Crippen molar-refractivity contribution in [2.45, 2.75) is 32.7 Å². The molecule has 2 fully saturated rings. The van der Waals surface area contributed by atoms with Crippen molar-refractivity contribution in [2.24, 2.45) is 5.92 Å². The van der Waals surface area contributed by atoms with Gasteiger partial charge in [0.1, 0.15) is 0 Å². The number of carbonyl (C=O) groups excluding carboxylic acids is 2. The Kier molecular flexibility index (Phi) is 5.71. The standard InChI is InChI=1S/C21H29N3O4/c1-2-3-6-24-14-17(12-20(24)25)21(26)23-9-7-22(8-10-23)13-16-4-5-18-19(11-16)28-15-27-18/h4-5,11,17H,2-3,6-10,12-15H2,1H3/t17-/m1/s1.